The minimum atomic E-state index is -2.37. The molecule has 0 unspecified atom stereocenters. The highest BCUT2D eigenvalue weighted by Crippen LogP contribution is 2.33. The average Bonchev–Trinajstić information content (AvgIpc) is 2.14. The van der Waals surface area contributed by atoms with Crippen molar-refractivity contribution in [2.24, 2.45) is 0 Å². The number of hydrogen-bond donors (Lipinski definition) is 2. The van der Waals surface area contributed by atoms with E-state index in [0.29, 0.717) is 5.75 Å². The van der Waals surface area contributed by atoms with Crippen molar-refractivity contribution in [1.82, 2.24) is 0 Å². The molecule has 0 atom stereocenters. The third kappa shape index (κ3) is 3.31. The number of rotatable bonds is 3. The van der Waals surface area contributed by atoms with Crippen LogP contribution in [0.4, 0.5) is 0 Å². The Balaban J connectivity index is 3.12. The van der Waals surface area contributed by atoms with Crippen LogP contribution in [-0.2, 0) is 5.41 Å². The van der Waals surface area contributed by atoms with Gasteiger partial charge in [0.1, 0.15) is 5.75 Å². The van der Waals surface area contributed by atoms with Gasteiger partial charge in [0.25, 0.3) is 0 Å². The second-order valence-electron chi connectivity index (χ2n) is 4.55. The predicted octanol–water partition coefficient (Wildman–Crippen LogP) is 3.22. The summed E-state index contributed by atoms with van der Waals surface area (Å²) >= 11 is 0. The zero-order chi connectivity index (χ0) is 12.3. The number of hydrogen-bond acceptors (Lipinski definition) is 3. The zero-order valence-electron chi connectivity index (χ0n) is 9.77. The van der Waals surface area contributed by atoms with Crippen molar-refractivity contribution in [2.75, 3.05) is 0 Å². The molecule has 0 radical (unpaired) electrons. The lowest BCUT2D eigenvalue weighted by Gasteiger charge is -2.22. The van der Waals surface area contributed by atoms with Gasteiger partial charge in [-0.25, -0.2) is 0 Å². The van der Waals surface area contributed by atoms with Crippen LogP contribution in [0.2, 0.25) is 0 Å². The van der Waals surface area contributed by atoms with Gasteiger partial charge in [-0.1, -0.05) is 39.5 Å². The third-order valence-corrected chi connectivity index (χ3v) is 2.61. The van der Waals surface area contributed by atoms with Crippen molar-refractivity contribution in [3.05, 3.63) is 35.9 Å². The first kappa shape index (κ1) is 13.2. The number of benzene rings is 1. The molecule has 1 rings (SSSR count). The van der Waals surface area contributed by atoms with Crippen LogP contribution >= 0.6 is 8.60 Å². The van der Waals surface area contributed by atoms with E-state index in [2.05, 4.69) is 27.4 Å². The van der Waals surface area contributed by atoms with Gasteiger partial charge < -0.3 is 14.3 Å². The highest BCUT2D eigenvalue weighted by Gasteiger charge is 2.17. The molecule has 0 amide bonds. The first-order valence-electron chi connectivity index (χ1n) is 4.97. The van der Waals surface area contributed by atoms with Crippen LogP contribution in [0.15, 0.2) is 24.8 Å². The van der Waals surface area contributed by atoms with Crippen molar-refractivity contribution in [1.29, 1.82) is 0 Å². The van der Waals surface area contributed by atoms with Crippen molar-refractivity contribution < 1.29 is 14.3 Å². The molecule has 0 saturated heterocycles. The van der Waals surface area contributed by atoms with Crippen LogP contribution in [-0.4, -0.2) is 9.79 Å². The first-order valence-corrected chi connectivity index (χ1v) is 6.14. The molecule has 1 aromatic carbocycles. The Morgan fingerprint density at radius 2 is 1.94 bits per heavy atom. The lowest BCUT2D eigenvalue weighted by molar-refractivity contribution is 0.375. The first-order chi connectivity index (χ1) is 7.34. The summed E-state index contributed by atoms with van der Waals surface area (Å²) < 4.78 is 4.85. The molecule has 0 aromatic heterocycles. The highest BCUT2D eigenvalue weighted by atomic mass is 31.2. The normalized spacial score (nSPS) is 11.6. The van der Waals surface area contributed by atoms with Crippen LogP contribution < -0.4 is 4.52 Å². The highest BCUT2D eigenvalue weighted by molar-refractivity contribution is 7.39. The maximum absolute atomic E-state index is 8.77. The summed E-state index contributed by atoms with van der Waals surface area (Å²) in [5.74, 6) is 0.444. The molecule has 0 bridgehead atoms. The van der Waals surface area contributed by atoms with Crippen LogP contribution in [0, 0.1) is 0 Å². The summed E-state index contributed by atoms with van der Waals surface area (Å²) in [6.07, 6.45) is 1.74. The van der Waals surface area contributed by atoms with Gasteiger partial charge >= 0.3 is 8.60 Å². The Bertz CT molecular complexity index is 380. The van der Waals surface area contributed by atoms with E-state index in [9.17, 15) is 0 Å². The topological polar surface area (TPSA) is 49.7 Å². The van der Waals surface area contributed by atoms with Crippen molar-refractivity contribution >= 4 is 14.7 Å². The van der Waals surface area contributed by atoms with E-state index in [1.54, 1.807) is 18.2 Å². The lowest BCUT2D eigenvalue weighted by Crippen LogP contribution is -2.12. The van der Waals surface area contributed by atoms with Gasteiger partial charge in [0, 0.05) is 0 Å². The fraction of sp³-hybridized carbons (Fsp3) is 0.333. The molecule has 4 heteroatoms. The molecule has 0 aliphatic heterocycles. The van der Waals surface area contributed by atoms with Gasteiger partial charge in [0.2, 0.25) is 0 Å². The third-order valence-electron chi connectivity index (χ3n) is 2.24. The van der Waals surface area contributed by atoms with E-state index in [1.165, 1.54) is 0 Å². The zero-order valence-corrected chi connectivity index (χ0v) is 10.7. The summed E-state index contributed by atoms with van der Waals surface area (Å²) in [5.41, 5.74) is 2.11. The minimum Gasteiger partial charge on any atom is -0.427 e. The molecule has 16 heavy (non-hydrogen) atoms. The minimum absolute atomic E-state index is 0.0191. The fourth-order valence-corrected chi connectivity index (χ4v) is 1.85. The van der Waals surface area contributed by atoms with Gasteiger partial charge in [0.15, 0.2) is 0 Å². The summed E-state index contributed by atoms with van der Waals surface area (Å²) in [6.45, 7) is 10.1. The summed E-state index contributed by atoms with van der Waals surface area (Å²) in [5, 5.41) is 0. The SMILES string of the molecule is C=Cc1cc(OP(O)O)ccc1C(C)(C)C. The van der Waals surface area contributed by atoms with Gasteiger partial charge in [-0.15, -0.1) is 0 Å². The quantitative estimate of drug-likeness (QED) is 0.797. The van der Waals surface area contributed by atoms with Gasteiger partial charge in [0.05, 0.1) is 0 Å². The van der Waals surface area contributed by atoms with Crippen LogP contribution in [0.5, 0.6) is 5.75 Å². The van der Waals surface area contributed by atoms with E-state index >= 15 is 0 Å². The predicted molar refractivity (Wildman–Crippen MR) is 67.2 cm³/mol. The van der Waals surface area contributed by atoms with Crippen LogP contribution in [0.25, 0.3) is 6.08 Å². The van der Waals surface area contributed by atoms with Crippen molar-refractivity contribution in [3.63, 3.8) is 0 Å². The molecule has 1 aromatic rings. The molecule has 0 heterocycles. The van der Waals surface area contributed by atoms with Crippen molar-refractivity contribution in [3.8, 4) is 5.75 Å². The Hall–Kier alpha value is -0.890. The average molecular weight is 240 g/mol. The molecule has 0 spiro atoms. The molecular formula is C12H17O3P. The Kier molecular flexibility index (Phi) is 4.09. The Morgan fingerprint density at radius 1 is 1.31 bits per heavy atom. The molecule has 0 aliphatic carbocycles. The molecule has 0 fully saturated rings. The second kappa shape index (κ2) is 4.96. The van der Waals surface area contributed by atoms with E-state index in [-0.39, 0.29) is 5.41 Å². The maximum atomic E-state index is 8.77. The second-order valence-corrected chi connectivity index (χ2v) is 5.24. The Morgan fingerprint density at radius 3 is 2.38 bits per heavy atom. The Labute approximate surface area is 97.4 Å². The molecule has 2 N–H and O–H groups in total. The van der Waals surface area contributed by atoms with Crippen molar-refractivity contribution in [2.45, 2.75) is 26.2 Å². The smallest absolute Gasteiger partial charge is 0.391 e. The molecule has 0 aliphatic rings. The summed E-state index contributed by atoms with van der Waals surface area (Å²) in [4.78, 5) is 17.5. The van der Waals surface area contributed by atoms with Gasteiger partial charge in [-0.2, -0.15) is 0 Å². The lowest BCUT2D eigenvalue weighted by atomic mass is 9.84. The van der Waals surface area contributed by atoms with E-state index < -0.39 is 8.60 Å². The largest absolute Gasteiger partial charge is 0.427 e. The fourth-order valence-electron chi connectivity index (χ4n) is 1.54. The standard InChI is InChI=1S/C12H17O3P/c1-5-9-8-10(15-16(13)14)6-7-11(9)12(2,3)4/h5-8,13-14H,1H2,2-4H3. The molecule has 0 saturated carbocycles. The van der Waals surface area contributed by atoms with Gasteiger partial charge in [-0.3, -0.25) is 0 Å². The van der Waals surface area contributed by atoms with Crippen LogP contribution in [0.3, 0.4) is 0 Å². The molecule has 88 valence electrons. The summed E-state index contributed by atoms with van der Waals surface area (Å²) in [7, 11) is -2.37. The van der Waals surface area contributed by atoms with Gasteiger partial charge in [-0.05, 0) is 28.7 Å². The molecular weight excluding hydrogens is 223 g/mol. The van der Waals surface area contributed by atoms with Crippen LogP contribution in [0.1, 0.15) is 31.9 Å². The van der Waals surface area contributed by atoms with E-state index in [0.717, 1.165) is 11.1 Å². The maximum Gasteiger partial charge on any atom is 0.391 e. The van der Waals surface area contributed by atoms with E-state index in [1.807, 2.05) is 6.07 Å². The van der Waals surface area contributed by atoms with E-state index in [4.69, 9.17) is 14.3 Å². The monoisotopic (exact) mass is 240 g/mol. The summed E-state index contributed by atoms with van der Waals surface area (Å²) in [6, 6.07) is 5.41. The molecule has 3 nitrogen and oxygen atoms in total.